The summed E-state index contributed by atoms with van der Waals surface area (Å²) in [5.41, 5.74) is 0.858. The highest BCUT2D eigenvalue weighted by Gasteiger charge is 2.29. The maximum atomic E-state index is 12.6. The lowest BCUT2D eigenvalue weighted by atomic mass is 10.3. The van der Waals surface area contributed by atoms with E-state index in [4.69, 9.17) is 0 Å². The van der Waals surface area contributed by atoms with Crippen LogP contribution in [0.5, 0.6) is 0 Å². The van der Waals surface area contributed by atoms with Crippen LogP contribution in [-0.2, 0) is 0 Å². The molecule has 0 aromatic carbocycles. The van der Waals surface area contributed by atoms with Gasteiger partial charge in [-0.25, -0.2) is 0 Å². The van der Waals surface area contributed by atoms with Crippen LogP contribution in [0.4, 0.5) is 0 Å². The molecule has 1 aromatic rings. The van der Waals surface area contributed by atoms with E-state index in [2.05, 4.69) is 26.7 Å². The maximum absolute atomic E-state index is 12.6. The van der Waals surface area contributed by atoms with Crippen LogP contribution in [0.1, 0.15) is 35.8 Å². The summed E-state index contributed by atoms with van der Waals surface area (Å²) >= 11 is 5.44. The minimum absolute atomic E-state index is 0.204. The second-order valence-corrected chi connectivity index (χ2v) is 7.08. The van der Waals surface area contributed by atoms with E-state index in [9.17, 15) is 4.79 Å². The number of carbonyl (C=O) groups excluding carboxylic acids is 1. The van der Waals surface area contributed by atoms with Gasteiger partial charge in [-0.2, -0.15) is 11.8 Å². The number of aromatic nitrogens is 1. The van der Waals surface area contributed by atoms with E-state index in [1.165, 1.54) is 18.6 Å². The first-order valence-electron chi connectivity index (χ1n) is 6.50. The van der Waals surface area contributed by atoms with Gasteiger partial charge in [-0.3, -0.25) is 4.79 Å². The zero-order chi connectivity index (χ0) is 12.5. The molecule has 3 rings (SSSR count). The van der Waals surface area contributed by atoms with Crippen molar-refractivity contribution in [2.45, 2.75) is 25.3 Å². The maximum Gasteiger partial charge on any atom is 0.270 e. The summed E-state index contributed by atoms with van der Waals surface area (Å²) in [5, 5.41) is 0. The summed E-state index contributed by atoms with van der Waals surface area (Å²) in [6, 6.07) is 2.52. The van der Waals surface area contributed by atoms with E-state index in [1.54, 1.807) is 0 Å². The van der Waals surface area contributed by atoms with Gasteiger partial charge in [0.05, 0.1) is 0 Å². The van der Waals surface area contributed by atoms with E-state index in [1.807, 2.05) is 22.7 Å². The van der Waals surface area contributed by atoms with Crippen molar-refractivity contribution >= 4 is 33.6 Å². The smallest absolute Gasteiger partial charge is 0.270 e. The number of nitrogens with zero attached hydrogens (tertiary/aromatic N) is 2. The van der Waals surface area contributed by atoms with Gasteiger partial charge in [0.1, 0.15) is 5.69 Å². The normalized spacial score (nSPS) is 20.8. The minimum atomic E-state index is 0.204. The van der Waals surface area contributed by atoms with Gasteiger partial charge in [0, 0.05) is 35.6 Å². The van der Waals surface area contributed by atoms with Crippen LogP contribution >= 0.6 is 27.7 Å². The van der Waals surface area contributed by atoms with Crippen LogP contribution in [0.3, 0.4) is 0 Å². The highest BCUT2D eigenvalue weighted by Crippen LogP contribution is 2.37. The van der Waals surface area contributed by atoms with Crippen LogP contribution in [0, 0.1) is 0 Å². The van der Waals surface area contributed by atoms with Crippen LogP contribution in [-0.4, -0.2) is 40.0 Å². The molecule has 0 atom stereocenters. The second-order valence-electron chi connectivity index (χ2n) is 4.94. The van der Waals surface area contributed by atoms with Crippen LogP contribution in [0.15, 0.2) is 16.7 Å². The number of carbonyl (C=O) groups is 1. The van der Waals surface area contributed by atoms with Crippen molar-refractivity contribution in [2.24, 2.45) is 0 Å². The lowest BCUT2D eigenvalue weighted by Crippen LogP contribution is -2.34. The molecule has 2 fully saturated rings. The molecule has 98 valence electrons. The molecule has 2 heterocycles. The monoisotopic (exact) mass is 328 g/mol. The summed E-state index contributed by atoms with van der Waals surface area (Å²) in [7, 11) is 0. The Kier molecular flexibility index (Phi) is 3.71. The molecule has 1 saturated carbocycles. The molecule has 0 unspecified atom stereocenters. The fourth-order valence-corrected chi connectivity index (χ4v) is 3.71. The predicted molar refractivity (Wildman–Crippen MR) is 78.2 cm³/mol. The zero-order valence-electron chi connectivity index (χ0n) is 10.3. The van der Waals surface area contributed by atoms with Crippen molar-refractivity contribution in [1.29, 1.82) is 0 Å². The number of rotatable bonds is 2. The average molecular weight is 329 g/mol. The lowest BCUT2D eigenvalue weighted by molar-refractivity contribution is 0.0757. The average Bonchev–Trinajstić information content (AvgIpc) is 3.16. The van der Waals surface area contributed by atoms with Crippen molar-refractivity contribution in [3.05, 3.63) is 22.4 Å². The largest absolute Gasteiger partial charge is 0.339 e. The number of amides is 1. The first-order valence-corrected chi connectivity index (χ1v) is 8.45. The van der Waals surface area contributed by atoms with Crippen molar-refractivity contribution in [2.75, 3.05) is 24.6 Å². The Morgan fingerprint density at radius 2 is 2.17 bits per heavy atom. The van der Waals surface area contributed by atoms with Gasteiger partial charge in [0.2, 0.25) is 0 Å². The van der Waals surface area contributed by atoms with E-state index >= 15 is 0 Å². The molecule has 1 aliphatic carbocycles. The fraction of sp³-hybridized carbons (Fsp3) is 0.615. The Labute approximate surface area is 120 Å². The van der Waals surface area contributed by atoms with Gasteiger partial charge < -0.3 is 9.47 Å². The van der Waals surface area contributed by atoms with Gasteiger partial charge in [-0.15, -0.1) is 0 Å². The molecule has 2 aliphatic rings. The van der Waals surface area contributed by atoms with E-state index in [-0.39, 0.29) is 5.91 Å². The third-order valence-electron chi connectivity index (χ3n) is 3.48. The topological polar surface area (TPSA) is 25.2 Å². The molecule has 0 bridgehead atoms. The predicted octanol–water partition coefficient (Wildman–Crippen LogP) is 3.16. The summed E-state index contributed by atoms with van der Waals surface area (Å²) in [6.45, 7) is 1.79. The van der Waals surface area contributed by atoms with E-state index in [0.717, 1.165) is 35.4 Å². The Balaban J connectivity index is 1.82. The SMILES string of the molecule is O=C(c1cc(Br)cn1C1CC1)N1CCCSCC1. The van der Waals surface area contributed by atoms with Crippen molar-refractivity contribution in [3.63, 3.8) is 0 Å². The van der Waals surface area contributed by atoms with Crippen molar-refractivity contribution in [3.8, 4) is 0 Å². The van der Waals surface area contributed by atoms with Crippen molar-refractivity contribution < 1.29 is 4.79 Å². The molecule has 0 spiro atoms. The summed E-state index contributed by atoms with van der Waals surface area (Å²) in [4.78, 5) is 14.6. The number of halogens is 1. The summed E-state index contributed by atoms with van der Waals surface area (Å²) < 4.78 is 3.17. The molecule has 1 amide bonds. The molecule has 1 aromatic heterocycles. The number of thioether (sulfide) groups is 1. The van der Waals surface area contributed by atoms with Crippen LogP contribution in [0.25, 0.3) is 0 Å². The standard InChI is InChI=1S/C13H17BrN2OS/c14-10-8-12(16(9-10)11-2-3-11)13(17)15-4-1-6-18-7-5-15/h8-9,11H,1-7H2. The van der Waals surface area contributed by atoms with Crippen molar-refractivity contribution in [1.82, 2.24) is 9.47 Å². The molecule has 5 heteroatoms. The highest BCUT2D eigenvalue weighted by molar-refractivity contribution is 9.10. The Morgan fingerprint density at radius 1 is 1.33 bits per heavy atom. The molecule has 1 aliphatic heterocycles. The molecule has 3 nitrogen and oxygen atoms in total. The molecule has 1 saturated heterocycles. The Bertz CT molecular complexity index is 448. The first kappa shape index (κ1) is 12.6. The van der Waals surface area contributed by atoms with Gasteiger partial charge in [-0.1, -0.05) is 0 Å². The minimum Gasteiger partial charge on any atom is -0.339 e. The van der Waals surface area contributed by atoms with E-state index < -0.39 is 0 Å². The van der Waals surface area contributed by atoms with Gasteiger partial charge in [0.25, 0.3) is 5.91 Å². The third kappa shape index (κ3) is 2.62. The molecular formula is C13H17BrN2OS. The van der Waals surface area contributed by atoms with E-state index in [0.29, 0.717) is 6.04 Å². The summed E-state index contributed by atoms with van der Waals surface area (Å²) in [5.74, 6) is 2.45. The fourth-order valence-electron chi connectivity index (χ4n) is 2.38. The highest BCUT2D eigenvalue weighted by atomic mass is 79.9. The number of hydrogen-bond donors (Lipinski definition) is 0. The third-order valence-corrected chi connectivity index (χ3v) is 4.97. The number of hydrogen-bond acceptors (Lipinski definition) is 2. The molecular weight excluding hydrogens is 312 g/mol. The quantitative estimate of drug-likeness (QED) is 0.833. The second kappa shape index (κ2) is 5.29. The van der Waals surface area contributed by atoms with Gasteiger partial charge in [0.15, 0.2) is 0 Å². The molecule has 0 radical (unpaired) electrons. The molecule has 18 heavy (non-hydrogen) atoms. The van der Waals surface area contributed by atoms with Gasteiger partial charge >= 0.3 is 0 Å². The summed E-state index contributed by atoms with van der Waals surface area (Å²) in [6.07, 6.45) is 5.58. The zero-order valence-corrected chi connectivity index (χ0v) is 12.7. The van der Waals surface area contributed by atoms with Gasteiger partial charge in [-0.05, 0) is 47.0 Å². The van der Waals surface area contributed by atoms with Crippen LogP contribution in [0.2, 0.25) is 0 Å². The first-order chi connectivity index (χ1) is 8.75. The van der Waals surface area contributed by atoms with Crippen LogP contribution < -0.4 is 0 Å². The Hall–Kier alpha value is -0.420. The lowest BCUT2D eigenvalue weighted by Gasteiger charge is -2.20. The molecule has 0 N–H and O–H groups in total. The Morgan fingerprint density at radius 3 is 2.94 bits per heavy atom.